The van der Waals surface area contributed by atoms with Gasteiger partial charge in [-0.2, -0.15) is 12.7 Å². The average molecular weight is 392 g/mol. The zero-order chi connectivity index (χ0) is 19.1. The summed E-state index contributed by atoms with van der Waals surface area (Å²) in [5, 5.41) is 13.8. The Morgan fingerprint density at radius 2 is 2.15 bits per heavy atom. The summed E-state index contributed by atoms with van der Waals surface area (Å²) < 4.78 is 42.2. The molecule has 2 heterocycles. The third-order valence-electron chi connectivity index (χ3n) is 5.73. The maximum absolute atomic E-state index is 15.3. The fourth-order valence-corrected chi connectivity index (χ4v) is 5.80. The SMILES string of the molecule is CC(C)NCCN1CCC2CC(O)C(N3CC(=O)NS3(=O)=O)C(F)C2C1. The monoisotopic (exact) mass is 392 g/mol. The number of likely N-dealkylation sites (tertiary alicyclic amines) is 1. The van der Waals surface area contributed by atoms with E-state index in [2.05, 4.69) is 24.1 Å². The second kappa shape index (κ2) is 7.67. The topological polar surface area (TPSA) is 102 Å². The number of rotatable bonds is 5. The number of alkyl halides is 1. The van der Waals surface area contributed by atoms with E-state index >= 15 is 4.39 Å². The Hall–Kier alpha value is -0.810. The number of fused-ring (bicyclic) bond motifs is 1. The molecule has 8 nitrogen and oxygen atoms in total. The van der Waals surface area contributed by atoms with Crippen molar-refractivity contribution in [3.63, 3.8) is 0 Å². The van der Waals surface area contributed by atoms with Gasteiger partial charge in [-0.25, -0.2) is 9.11 Å². The number of amides is 1. The predicted octanol–water partition coefficient (Wildman–Crippen LogP) is -0.930. The summed E-state index contributed by atoms with van der Waals surface area (Å²) in [4.78, 5) is 13.7. The average Bonchev–Trinajstić information content (AvgIpc) is 2.80. The Morgan fingerprint density at radius 1 is 1.42 bits per heavy atom. The van der Waals surface area contributed by atoms with E-state index in [1.165, 1.54) is 0 Å². The molecule has 0 radical (unpaired) electrons. The first-order valence-electron chi connectivity index (χ1n) is 9.29. The summed E-state index contributed by atoms with van der Waals surface area (Å²) in [7, 11) is -4.07. The van der Waals surface area contributed by atoms with Crippen molar-refractivity contribution in [2.75, 3.05) is 32.7 Å². The molecule has 0 aromatic rings. The molecule has 1 amide bonds. The van der Waals surface area contributed by atoms with E-state index in [-0.39, 0.29) is 11.8 Å². The van der Waals surface area contributed by atoms with Gasteiger partial charge >= 0.3 is 10.2 Å². The quantitative estimate of drug-likeness (QED) is 0.559. The molecule has 5 unspecified atom stereocenters. The van der Waals surface area contributed by atoms with E-state index in [1.807, 2.05) is 4.72 Å². The van der Waals surface area contributed by atoms with Crippen molar-refractivity contribution in [1.29, 1.82) is 0 Å². The number of nitrogens with zero attached hydrogens (tertiary/aromatic N) is 2. The Bertz CT molecular complexity index is 632. The van der Waals surface area contributed by atoms with E-state index in [9.17, 15) is 18.3 Å². The first kappa shape index (κ1) is 19.9. The van der Waals surface area contributed by atoms with Crippen LogP contribution in [0.1, 0.15) is 26.7 Å². The normalized spacial score (nSPS) is 38.3. The first-order valence-corrected chi connectivity index (χ1v) is 10.7. The molecule has 150 valence electrons. The minimum atomic E-state index is -4.07. The second-order valence-corrected chi connectivity index (χ2v) is 9.56. The molecular weight excluding hydrogens is 363 g/mol. The van der Waals surface area contributed by atoms with Crippen LogP contribution in [0.2, 0.25) is 0 Å². The molecule has 2 aliphatic heterocycles. The summed E-state index contributed by atoms with van der Waals surface area (Å²) in [5.41, 5.74) is 0. The van der Waals surface area contributed by atoms with Crippen LogP contribution >= 0.6 is 0 Å². The van der Waals surface area contributed by atoms with E-state index < -0.39 is 41.0 Å². The Kier molecular flexibility index (Phi) is 5.88. The van der Waals surface area contributed by atoms with Crippen molar-refractivity contribution in [2.45, 2.75) is 51.0 Å². The van der Waals surface area contributed by atoms with Gasteiger partial charge in [-0.15, -0.1) is 0 Å². The van der Waals surface area contributed by atoms with E-state index in [0.29, 0.717) is 19.0 Å². The fraction of sp³-hybridized carbons (Fsp3) is 0.938. The summed E-state index contributed by atoms with van der Waals surface area (Å²) >= 11 is 0. The molecule has 0 aromatic heterocycles. The van der Waals surface area contributed by atoms with Crippen LogP contribution in [-0.4, -0.2) is 85.7 Å². The molecule has 5 atom stereocenters. The first-order chi connectivity index (χ1) is 12.2. The molecule has 1 aliphatic carbocycles. The molecule has 0 aromatic carbocycles. The van der Waals surface area contributed by atoms with Gasteiger partial charge in [-0.05, 0) is 25.3 Å². The number of piperidine rings is 1. The number of nitrogens with one attached hydrogen (secondary N) is 2. The lowest BCUT2D eigenvalue weighted by Gasteiger charge is -2.48. The van der Waals surface area contributed by atoms with Gasteiger partial charge < -0.3 is 15.3 Å². The van der Waals surface area contributed by atoms with Crippen molar-refractivity contribution in [3.05, 3.63) is 0 Å². The Labute approximate surface area is 154 Å². The number of aliphatic hydroxyl groups excluding tert-OH is 1. The minimum Gasteiger partial charge on any atom is -0.391 e. The maximum Gasteiger partial charge on any atom is 0.304 e. The van der Waals surface area contributed by atoms with Crippen molar-refractivity contribution in [3.8, 4) is 0 Å². The minimum absolute atomic E-state index is 0.0412. The van der Waals surface area contributed by atoms with Gasteiger partial charge in [-0.3, -0.25) is 4.79 Å². The highest BCUT2D eigenvalue weighted by molar-refractivity contribution is 7.88. The molecule has 26 heavy (non-hydrogen) atoms. The molecule has 2 saturated heterocycles. The standard InChI is InChI=1S/C16H29FN4O4S/c1-10(2)18-4-6-20-5-3-11-7-13(22)16(15(17)12(11)8-20)21-9-14(23)19-26(21,24)25/h10-13,15-16,18,22H,3-9H2,1-2H3,(H,19,23). The summed E-state index contributed by atoms with van der Waals surface area (Å²) in [6.45, 7) is 6.74. The van der Waals surface area contributed by atoms with Crippen LogP contribution in [-0.2, 0) is 15.0 Å². The number of halogens is 1. The molecular formula is C16H29FN4O4S. The van der Waals surface area contributed by atoms with Gasteiger partial charge in [-0.1, -0.05) is 13.8 Å². The lowest BCUT2D eigenvalue weighted by Crippen LogP contribution is -2.61. The fourth-order valence-electron chi connectivity index (χ4n) is 4.46. The van der Waals surface area contributed by atoms with Crippen LogP contribution in [0.15, 0.2) is 0 Å². The number of aliphatic hydroxyl groups is 1. The van der Waals surface area contributed by atoms with Crippen LogP contribution in [0.4, 0.5) is 4.39 Å². The number of carbonyl (C=O) groups is 1. The smallest absolute Gasteiger partial charge is 0.304 e. The van der Waals surface area contributed by atoms with Gasteiger partial charge in [0.05, 0.1) is 18.7 Å². The number of hydrogen-bond acceptors (Lipinski definition) is 6. The van der Waals surface area contributed by atoms with E-state index in [0.717, 1.165) is 30.4 Å². The van der Waals surface area contributed by atoms with Crippen LogP contribution < -0.4 is 10.0 Å². The zero-order valence-electron chi connectivity index (χ0n) is 15.3. The van der Waals surface area contributed by atoms with Crippen molar-refractivity contribution in [2.24, 2.45) is 11.8 Å². The van der Waals surface area contributed by atoms with Gasteiger partial charge in [0.25, 0.3) is 0 Å². The Balaban J connectivity index is 1.69. The van der Waals surface area contributed by atoms with Crippen molar-refractivity contribution >= 4 is 16.1 Å². The van der Waals surface area contributed by atoms with Crippen LogP contribution in [0.25, 0.3) is 0 Å². The molecule has 3 N–H and O–H groups in total. The third-order valence-corrected chi connectivity index (χ3v) is 7.20. The van der Waals surface area contributed by atoms with Crippen LogP contribution in [0, 0.1) is 11.8 Å². The van der Waals surface area contributed by atoms with Gasteiger partial charge in [0, 0.05) is 31.6 Å². The Morgan fingerprint density at radius 3 is 2.77 bits per heavy atom. The highest BCUT2D eigenvalue weighted by atomic mass is 32.2. The second-order valence-electron chi connectivity index (χ2n) is 7.94. The van der Waals surface area contributed by atoms with Gasteiger partial charge in [0.1, 0.15) is 6.17 Å². The lowest BCUT2D eigenvalue weighted by molar-refractivity contribution is -0.120. The van der Waals surface area contributed by atoms with Gasteiger partial charge in [0.2, 0.25) is 5.91 Å². The molecule has 3 rings (SSSR count). The van der Waals surface area contributed by atoms with E-state index in [4.69, 9.17) is 0 Å². The maximum atomic E-state index is 15.3. The van der Waals surface area contributed by atoms with E-state index in [1.54, 1.807) is 0 Å². The zero-order valence-corrected chi connectivity index (χ0v) is 16.1. The molecule has 3 fully saturated rings. The molecule has 10 heteroatoms. The van der Waals surface area contributed by atoms with Gasteiger partial charge in [0.15, 0.2) is 0 Å². The summed E-state index contributed by atoms with van der Waals surface area (Å²) in [6.07, 6.45) is -1.43. The third kappa shape index (κ3) is 4.04. The number of hydrogen-bond donors (Lipinski definition) is 3. The molecule has 0 bridgehead atoms. The molecule has 0 spiro atoms. The highest BCUT2D eigenvalue weighted by Crippen LogP contribution is 2.41. The number of carbonyl (C=O) groups excluding carboxylic acids is 1. The predicted molar refractivity (Wildman–Crippen MR) is 94.3 cm³/mol. The lowest BCUT2D eigenvalue weighted by atomic mass is 9.70. The highest BCUT2D eigenvalue weighted by Gasteiger charge is 2.53. The van der Waals surface area contributed by atoms with Crippen molar-refractivity contribution in [1.82, 2.24) is 19.2 Å². The molecule has 3 aliphatic rings. The largest absolute Gasteiger partial charge is 0.391 e. The summed E-state index contributed by atoms with van der Waals surface area (Å²) in [5.74, 6) is -0.974. The van der Waals surface area contributed by atoms with Crippen LogP contribution in [0.5, 0.6) is 0 Å². The van der Waals surface area contributed by atoms with Crippen LogP contribution in [0.3, 0.4) is 0 Å². The van der Waals surface area contributed by atoms with Crippen molar-refractivity contribution < 1.29 is 22.7 Å². The molecule has 1 saturated carbocycles. The summed E-state index contributed by atoms with van der Waals surface area (Å²) in [6, 6.07) is -0.810.